The van der Waals surface area contributed by atoms with Gasteiger partial charge in [0.15, 0.2) is 0 Å². The average molecular weight is 781 g/mol. The number of carbonyl (C=O) groups excluding carboxylic acids is 5. The molecule has 12 nitrogen and oxygen atoms in total. The Morgan fingerprint density at radius 2 is 1.29 bits per heavy atom. The largest absolute Gasteiger partial charge is 0.493 e. The van der Waals surface area contributed by atoms with Crippen molar-refractivity contribution in [1.29, 1.82) is 0 Å². The maximum Gasteiger partial charge on any atom is 0.417 e. The second-order valence-corrected chi connectivity index (χ2v) is 14.7. The molecule has 3 rings (SSSR count). The first-order chi connectivity index (χ1) is 26.9. The summed E-state index contributed by atoms with van der Waals surface area (Å²) in [5.74, 6) is -2.54. The second kappa shape index (κ2) is 23.9. The number of esters is 5. The highest BCUT2D eigenvalue weighted by Crippen LogP contribution is 2.34. The van der Waals surface area contributed by atoms with E-state index in [4.69, 9.17) is 23.7 Å². The Morgan fingerprint density at radius 1 is 0.679 bits per heavy atom. The monoisotopic (exact) mass is 780 g/mol. The molecule has 0 bridgehead atoms. The van der Waals surface area contributed by atoms with Gasteiger partial charge in [-0.2, -0.15) is 0 Å². The van der Waals surface area contributed by atoms with Crippen LogP contribution in [-0.4, -0.2) is 77.1 Å². The summed E-state index contributed by atoms with van der Waals surface area (Å²) in [6.45, 7) is 9.36. The average Bonchev–Trinajstić information content (AvgIpc) is 3.22. The Kier molecular flexibility index (Phi) is 19.4. The second-order valence-electron chi connectivity index (χ2n) is 14.7. The number of hydrogen-bond donors (Lipinski definition) is 0. The molecule has 308 valence electrons. The maximum atomic E-state index is 12.3. The Labute approximate surface area is 331 Å². The van der Waals surface area contributed by atoms with E-state index in [2.05, 4.69) is 23.0 Å². The lowest BCUT2D eigenvalue weighted by molar-refractivity contribution is -0.174. The van der Waals surface area contributed by atoms with Gasteiger partial charge in [0.25, 0.3) is 0 Å². The molecule has 2 aromatic carbocycles. The van der Waals surface area contributed by atoms with Gasteiger partial charge in [0, 0.05) is 5.57 Å². The normalized spacial score (nSPS) is 15.2. The van der Waals surface area contributed by atoms with E-state index in [1.165, 1.54) is 51.4 Å². The van der Waals surface area contributed by atoms with Crippen LogP contribution in [0.2, 0.25) is 0 Å². The SMILES string of the molecule is C=C(C)C(=O)OCCCc1cc(-c2ccc(OCC3CCC(CCCCC)CC3)cc2)ccc1OCC(CCC)(COC(=O)C(=O)OC)COC(=O)C(=O)OC. The maximum absolute atomic E-state index is 12.3. The molecule has 0 amide bonds. The third-order valence-corrected chi connectivity index (χ3v) is 10.1. The number of aryl methyl sites for hydroxylation is 1. The molecule has 0 aliphatic heterocycles. The van der Waals surface area contributed by atoms with Crippen LogP contribution in [0.25, 0.3) is 11.1 Å². The summed E-state index contributed by atoms with van der Waals surface area (Å²) < 4.78 is 37.4. The van der Waals surface area contributed by atoms with E-state index in [0.29, 0.717) is 42.9 Å². The molecule has 1 fully saturated rings. The lowest BCUT2D eigenvalue weighted by atomic mass is 9.80. The summed E-state index contributed by atoms with van der Waals surface area (Å²) in [5, 5.41) is 0. The van der Waals surface area contributed by atoms with E-state index >= 15 is 0 Å². The fraction of sp³-hybridized carbons (Fsp3) is 0.568. The molecule has 0 spiro atoms. The molecule has 56 heavy (non-hydrogen) atoms. The van der Waals surface area contributed by atoms with E-state index < -0.39 is 35.3 Å². The van der Waals surface area contributed by atoms with Crippen LogP contribution in [0.4, 0.5) is 0 Å². The van der Waals surface area contributed by atoms with Crippen LogP contribution in [-0.2, 0) is 54.1 Å². The molecular formula is C44H60O12. The van der Waals surface area contributed by atoms with Crippen molar-refractivity contribution in [3.05, 3.63) is 60.2 Å². The molecule has 1 saturated carbocycles. The number of ether oxygens (including phenoxy) is 7. The molecule has 1 aliphatic carbocycles. The third-order valence-electron chi connectivity index (χ3n) is 10.1. The van der Waals surface area contributed by atoms with E-state index in [1.807, 2.05) is 49.4 Å². The van der Waals surface area contributed by atoms with Crippen molar-refractivity contribution < 1.29 is 57.1 Å². The Bertz CT molecular complexity index is 1560. The smallest absolute Gasteiger partial charge is 0.417 e. The number of rotatable bonds is 22. The predicted molar refractivity (Wildman–Crippen MR) is 210 cm³/mol. The Morgan fingerprint density at radius 3 is 1.86 bits per heavy atom. The minimum Gasteiger partial charge on any atom is -0.493 e. The van der Waals surface area contributed by atoms with Crippen molar-refractivity contribution in [3.63, 3.8) is 0 Å². The minimum atomic E-state index is -1.22. The van der Waals surface area contributed by atoms with Crippen LogP contribution in [0, 0.1) is 17.3 Å². The van der Waals surface area contributed by atoms with Crippen LogP contribution in [0.1, 0.15) is 97.0 Å². The van der Waals surface area contributed by atoms with Crippen molar-refractivity contribution in [2.75, 3.05) is 47.3 Å². The van der Waals surface area contributed by atoms with E-state index in [1.54, 1.807) is 6.92 Å². The number of hydrogen-bond acceptors (Lipinski definition) is 12. The van der Waals surface area contributed by atoms with Gasteiger partial charge < -0.3 is 33.2 Å². The van der Waals surface area contributed by atoms with E-state index in [0.717, 1.165) is 49.2 Å². The highest BCUT2D eigenvalue weighted by atomic mass is 16.6. The molecular weight excluding hydrogens is 720 g/mol. The molecule has 0 heterocycles. The minimum absolute atomic E-state index is 0.118. The molecule has 0 unspecified atom stereocenters. The van der Waals surface area contributed by atoms with Gasteiger partial charge in [0.2, 0.25) is 0 Å². The molecule has 0 radical (unpaired) electrons. The summed E-state index contributed by atoms with van der Waals surface area (Å²) >= 11 is 0. The molecule has 0 saturated heterocycles. The number of carbonyl (C=O) groups is 5. The van der Waals surface area contributed by atoms with Gasteiger partial charge in [-0.15, -0.1) is 0 Å². The molecule has 0 aromatic heterocycles. The molecule has 0 N–H and O–H groups in total. The highest BCUT2D eigenvalue weighted by Gasteiger charge is 2.37. The van der Waals surface area contributed by atoms with E-state index in [9.17, 15) is 24.0 Å². The standard InChI is InChI=1S/C44H60O12/c1-7-9-10-12-32-14-16-33(17-15-32)27-53-37-21-18-34(19-22-37)35-20-23-38(36(26-35)13-11-25-52-39(45)31(3)4)54-28-44(24-8-2,29-55-42(48)40(46)50-5)30-56-43(49)41(47)51-6/h18-23,26,32-33H,3,7-17,24-25,27-30H2,1-2,4-6H3. The zero-order chi connectivity index (χ0) is 40.9. The lowest BCUT2D eigenvalue weighted by Crippen LogP contribution is -2.41. The summed E-state index contributed by atoms with van der Waals surface area (Å²) in [5.41, 5.74) is 1.86. The van der Waals surface area contributed by atoms with Gasteiger partial charge >= 0.3 is 29.8 Å². The van der Waals surface area contributed by atoms with Gasteiger partial charge in [0.1, 0.15) is 31.3 Å². The van der Waals surface area contributed by atoms with Gasteiger partial charge in [0.05, 0.1) is 32.8 Å². The summed E-state index contributed by atoms with van der Waals surface area (Å²) in [7, 11) is 2.11. The molecule has 2 aromatic rings. The summed E-state index contributed by atoms with van der Waals surface area (Å²) in [6, 6.07) is 13.8. The zero-order valence-electron chi connectivity index (χ0n) is 33.8. The fourth-order valence-electron chi connectivity index (χ4n) is 6.80. The Balaban J connectivity index is 1.78. The van der Waals surface area contributed by atoms with Gasteiger partial charge in [-0.25, -0.2) is 24.0 Å². The number of unbranched alkanes of at least 4 members (excludes halogenated alkanes) is 2. The van der Waals surface area contributed by atoms with Crippen molar-refractivity contribution in [2.24, 2.45) is 17.3 Å². The van der Waals surface area contributed by atoms with Crippen LogP contribution in [0.3, 0.4) is 0 Å². The molecule has 12 heteroatoms. The van der Waals surface area contributed by atoms with E-state index in [-0.39, 0.29) is 26.4 Å². The first kappa shape index (κ1) is 45.5. The Hall–Kier alpha value is -4.87. The molecule has 0 atom stereocenters. The van der Waals surface area contributed by atoms with Crippen LogP contribution in [0.15, 0.2) is 54.6 Å². The zero-order valence-corrected chi connectivity index (χ0v) is 33.8. The first-order valence-corrected chi connectivity index (χ1v) is 19.8. The molecule has 1 aliphatic rings. The van der Waals surface area contributed by atoms with Gasteiger partial charge in [-0.1, -0.05) is 83.6 Å². The van der Waals surface area contributed by atoms with Crippen LogP contribution < -0.4 is 9.47 Å². The van der Waals surface area contributed by atoms with Crippen molar-refractivity contribution >= 4 is 29.8 Å². The van der Waals surface area contributed by atoms with Gasteiger partial charge in [-0.3, -0.25) is 0 Å². The third kappa shape index (κ3) is 15.0. The first-order valence-electron chi connectivity index (χ1n) is 19.8. The quantitative estimate of drug-likeness (QED) is 0.0378. The summed E-state index contributed by atoms with van der Waals surface area (Å²) in [4.78, 5) is 60.1. The summed E-state index contributed by atoms with van der Waals surface area (Å²) in [6.07, 6.45) is 12.1. The van der Waals surface area contributed by atoms with Crippen molar-refractivity contribution in [2.45, 2.75) is 97.8 Å². The van der Waals surface area contributed by atoms with Crippen LogP contribution >= 0.6 is 0 Å². The highest BCUT2D eigenvalue weighted by molar-refractivity contribution is 6.30. The lowest BCUT2D eigenvalue weighted by Gasteiger charge is -2.32. The predicted octanol–water partition coefficient (Wildman–Crippen LogP) is 7.77. The topological polar surface area (TPSA) is 150 Å². The van der Waals surface area contributed by atoms with Crippen LogP contribution in [0.5, 0.6) is 11.5 Å². The van der Waals surface area contributed by atoms with Gasteiger partial charge in [-0.05, 0) is 91.8 Å². The number of methoxy groups -OCH3 is 2. The van der Waals surface area contributed by atoms with Crippen molar-refractivity contribution in [1.82, 2.24) is 0 Å². The van der Waals surface area contributed by atoms with Crippen molar-refractivity contribution in [3.8, 4) is 22.6 Å². The fourth-order valence-corrected chi connectivity index (χ4v) is 6.80. The number of benzene rings is 2.